The molecule has 4 heteroatoms. The van der Waals surface area contributed by atoms with Crippen LogP contribution < -0.4 is 5.73 Å². The predicted octanol–water partition coefficient (Wildman–Crippen LogP) is 1.74. The molecule has 1 unspecified atom stereocenters. The number of ether oxygens (including phenoxy) is 1. The normalized spacial score (nSPS) is 21.6. The quantitative estimate of drug-likeness (QED) is 0.625. The maximum atomic E-state index is 6.02. The van der Waals surface area contributed by atoms with Crippen LogP contribution >= 0.6 is 0 Å². The van der Waals surface area contributed by atoms with E-state index in [1.807, 2.05) is 30.3 Å². The van der Waals surface area contributed by atoms with Gasteiger partial charge in [0.15, 0.2) is 5.96 Å². The fraction of sp³-hybridized carbons (Fsp3) is 0.462. The summed E-state index contributed by atoms with van der Waals surface area (Å²) in [5.41, 5.74) is 6.91. The third kappa shape index (κ3) is 3.20. The van der Waals surface area contributed by atoms with Crippen molar-refractivity contribution in [2.24, 2.45) is 10.7 Å². The minimum atomic E-state index is 0.272. The lowest BCUT2D eigenvalue weighted by Crippen LogP contribution is -2.46. The molecule has 0 aliphatic carbocycles. The lowest BCUT2D eigenvalue weighted by atomic mass is 10.1. The fourth-order valence-corrected chi connectivity index (χ4v) is 2.04. The van der Waals surface area contributed by atoms with Crippen LogP contribution in [0.2, 0.25) is 0 Å². The first-order valence-electron chi connectivity index (χ1n) is 5.96. The van der Waals surface area contributed by atoms with Crippen molar-refractivity contribution in [2.75, 3.05) is 20.2 Å². The van der Waals surface area contributed by atoms with Crippen molar-refractivity contribution < 1.29 is 4.74 Å². The van der Waals surface area contributed by atoms with Gasteiger partial charge >= 0.3 is 0 Å². The molecule has 0 bridgehead atoms. The Labute approximate surface area is 102 Å². The smallest absolute Gasteiger partial charge is 0.196 e. The van der Waals surface area contributed by atoms with Crippen LogP contribution in [0.15, 0.2) is 35.3 Å². The first-order chi connectivity index (χ1) is 8.29. The molecule has 92 valence electrons. The number of rotatable bonds is 2. The average molecular weight is 233 g/mol. The van der Waals surface area contributed by atoms with E-state index >= 15 is 0 Å². The second-order valence-corrected chi connectivity index (χ2v) is 4.25. The van der Waals surface area contributed by atoms with Gasteiger partial charge in [-0.15, -0.1) is 0 Å². The summed E-state index contributed by atoms with van der Waals surface area (Å²) in [5.74, 6) is 0.581. The van der Waals surface area contributed by atoms with Gasteiger partial charge in [-0.05, 0) is 25.0 Å². The van der Waals surface area contributed by atoms with Gasteiger partial charge in [-0.2, -0.15) is 0 Å². The van der Waals surface area contributed by atoms with Crippen molar-refractivity contribution in [3.8, 4) is 0 Å². The van der Waals surface area contributed by atoms with Crippen LogP contribution in [0, 0.1) is 0 Å². The zero-order valence-corrected chi connectivity index (χ0v) is 10.2. The summed E-state index contributed by atoms with van der Waals surface area (Å²) in [6, 6.07) is 9.78. The molecule has 1 saturated heterocycles. The highest BCUT2D eigenvalue weighted by Crippen LogP contribution is 2.14. The number of nitrogens with two attached hydrogens (primary N) is 1. The number of likely N-dealkylation sites (tertiary alicyclic amines) is 1. The summed E-state index contributed by atoms with van der Waals surface area (Å²) in [6.07, 6.45) is 2.48. The monoisotopic (exact) mass is 233 g/mol. The maximum absolute atomic E-state index is 6.02. The van der Waals surface area contributed by atoms with E-state index in [9.17, 15) is 0 Å². The zero-order chi connectivity index (χ0) is 12.1. The Balaban J connectivity index is 2.04. The Morgan fingerprint density at radius 1 is 1.41 bits per heavy atom. The number of guanidine groups is 1. The van der Waals surface area contributed by atoms with Gasteiger partial charge in [-0.3, -0.25) is 0 Å². The Bertz CT molecular complexity index is 378. The molecule has 0 amide bonds. The molecule has 1 atom stereocenters. The molecule has 0 aromatic heterocycles. The molecule has 17 heavy (non-hydrogen) atoms. The number of hydrogen-bond acceptors (Lipinski definition) is 2. The lowest BCUT2D eigenvalue weighted by molar-refractivity contribution is 0.0533. The third-order valence-corrected chi connectivity index (χ3v) is 3.04. The molecule has 0 saturated carbocycles. The van der Waals surface area contributed by atoms with Gasteiger partial charge in [0.1, 0.15) is 0 Å². The molecule has 1 aliphatic rings. The number of para-hydroxylation sites is 1. The Morgan fingerprint density at radius 2 is 2.18 bits per heavy atom. The van der Waals surface area contributed by atoms with E-state index in [2.05, 4.69) is 9.89 Å². The molecule has 0 radical (unpaired) electrons. The van der Waals surface area contributed by atoms with Crippen LogP contribution in [-0.4, -0.2) is 37.2 Å². The highest BCUT2D eigenvalue weighted by molar-refractivity contribution is 5.81. The number of benzene rings is 1. The minimum absolute atomic E-state index is 0.272. The van der Waals surface area contributed by atoms with Gasteiger partial charge in [-0.1, -0.05) is 18.2 Å². The van der Waals surface area contributed by atoms with Crippen molar-refractivity contribution in [1.82, 2.24) is 4.90 Å². The maximum Gasteiger partial charge on any atom is 0.196 e. The largest absolute Gasteiger partial charge is 0.380 e. The Kier molecular flexibility index (Phi) is 3.98. The third-order valence-electron chi connectivity index (χ3n) is 3.04. The number of aliphatic imine (C=N–C) groups is 1. The van der Waals surface area contributed by atoms with Crippen LogP contribution in [-0.2, 0) is 4.74 Å². The van der Waals surface area contributed by atoms with E-state index in [1.54, 1.807) is 7.11 Å². The van der Waals surface area contributed by atoms with Crippen molar-refractivity contribution in [2.45, 2.75) is 18.9 Å². The van der Waals surface area contributed by atoms with Gasteiger partial charge in [-0.25, -0.2) is 4.99 Å². The van der Waals surface area contributed by atoms with Crippen molar-refractivity contribution in [1.29, 1.82) is 0 Å². The molecule has 1 fully saturated rings. The SMILES string of the molecule is COC1CCCN(C(N)=Nc2ccccc2)C1. The summed E-state index contributed by atoms with van der Waals surface area (Å²) in [4.78, 5) is 6.50. The highest BCUT2D eigenvalue weighted by Gasteiger charge is 2.20. The molecule has 1 aromatic carbocycles. The Morgan fingerprint density at radius 3 is 2.88 bits per heavy atom. The number of piperidine rings is 1. The second kappa shape index (κ2) is 5.68. The van der Waals surface area contributed by atoms with Crippen molar-refractivity contribution in [3.63, 3.8) is 0 Å². The van der Waals surface area contributed by atoms with E-state index in [0.717, 1.165) is 31.6 Å². The van der Waals surface area contributed by atoms with Gasteiger partial charge in [0.25, 0.3) is 0 Å². The zero-order valence-electron chi connectivity index (χ0n) is 10.2. The summed E-state index contributed by atoms with van der Waals surface area (Å²) < 4.78 is 5.37. The number of hydrogen-bond donors (Lipinski definition) is 1. The van der Waals surface area contributed by atoms with E-state index < -0.39 is 0 Å². The molecule has 1 aromatic rings. The van der Waals surface area contributed by atoms with E-state index in [-0.39, 0.29) is 6.10 Å². The standard InChI is InChI=1S/C13H19N3O/c1-17-12-8-5-9-16(10-12)13(14)15-11-6-3-2-4-7-11/h2-4,6-7,12H,5,8-10H2,1H3,(H2,14,15). The van der Waals surface area contributed by atoms with Gasteiger partial charge in [0.05, 0.1) is 11.8 Å². The molecule has 0 spiro atoms. The van der Waals surface area contributed by atoms with Crippen LogP contribution in [0.5, 0.6) is 0 Å². The summed E-state index contributed by atoms with van der Waals surface area (Å²) >= 11 is 0. The summed E-state index contributed by atoms with van der Waals surface area (Å²) in [6.45, 7) is 1.79. The molecule has 2 rings (SSSR count). The van der Waals surface area contributed by atoms with Crippen LogP contribution in [0.3, 0.4) is 0 Å². The Hall–Kier alpha value is -1.55. The van der Waals surface area contributed by atoms with Crippen molar-refractivity contribution in [3.05, 3.63) is 30.3 Å². The second-order valence-electron chi connectivity index (χ2n) is 4.25. The number of methoxy groups -OCH3 is 1. The van der Waals surface area contributed by atoms with E-state index in [1.165, 1.54) is 0 Å². The molecule has 2 N–H and O–H groups in total. The molecule has 4 nitrogen and oxygen atoms in total. The fourth-order valence-electron chi connectivity index (χ4n) is 2.04. The molecular formula is C13H19N3O. The first kappa shape index (κ1) is 11.9. The minimum Gasteiger partial charge on any atom is -0.380 e. The summed E-state index contributed by atoms with van der Waals surface area (Å²) in [7, 11) is 1.75. The number of nitrogens with zero attached hydrogens (tertiary/aromatic N) is 2. The van der Waals surface area contributed by atoms with Gasteiger partial charge in [0, 0.05) is 20.2 Å². The predicted molar refractivity (Wildman–Crippen MR) is 69.3 cm³/mol. The first-order valence-corrected chi connectivity index (χ1v) is 5.96. The van der Waals surface area contributed by atoms with Crippen LogP contribution in [0.4, 0.5) is 5.69 Å². The molecule has 1 heterocycles. The highest BCUT2D eigenvalue weighted by atomic mass is 16.5. The van der Waals surface area contributed by atoms with Crippen LogP contribution in [0.25, 0.3) is 0 Å². The lowest BCUT2D eigenvalue weighted by Gasteiger charge is -2.32. The average Bonchev–Trinajstić information content (AvgIpc) is 2.40. The van der Waals surface area contributed by atoms with Crippen LogP contribution in [0.1, 0.15) is 12.8 Å². The van der Waals surface area contributed by atoms with Gasteiger partial charge in [0.2, 0.25) is 0 Å². The molecule has 1 aliphatic heterocycles. The summed E-state index contributed by atoms with van der Waals surface area (Å²) in [5, 5.41) is 0. The molecular weight excluding hydrogens is 214 g/mol. The topological polar surface area (TPSA) is 50.9 Å². The van der Waals surface area contributed by atoms with Crippen molar-refractivity contribution >= 4 is 11.6 Å². The van der Waals surface area contributed by atoms with E-state index in [4.69, 9.17) is 10.5 Å². The van der Waals surface area contributed by atoms with Gasteiger partial charge < -0.3 is 15.4 Å². The van der Waals surface area contributed by atoms with E-state index in [0.29, 0.717) is 5.96 Å².